The van der Waals surface area contributed by atoms with Gasteiger partial charge in [-0.15, -0.1) is 11.3 Å². The highest BCUT2D eigenvalue weighted by molar-refractivity contribution is 7.14. The number of carbonyl (C=O) groups excluding carboxylic acids is 3. The Balaban J connectivity index is 1.54. The van der Waals surface area contributed by atoms with Gasteiger partial charge in [-0.1, -0.05) is 32.9 Å². The van der Waals surface area contributed by atoms with Crippen molar-refractivity contribution >= 4 is 34.2 Å². The number of hydrogen-bond donors (Lipinski definition) is 4. The fraction of sp³-hybridized carbons (Fsp3) is 0.238. The number of benzene rings is 1. The van der Waals surface area contributed by atoms with Crippen molar-refractivity contribution in [3.05, 3.63) is 58.7 Å². The largest absolute Gasteiger partial charge is 0.364 e. The molecule has 9 heteroatoms. The molecule has 0 radical (unpaired) electrons. The molecule has 1 aromatic carbocycles. The molecule has 5 N–H and O–H groups in total. The monoisotopic (exact) mass is 425 g/mol. The summed E-state index contributed by atoms with van der Waals surface area (Å²) in [4.78, 5) is 42.7. The van der Waals surface area contributed by atoms with E-state index in [1.165, 1.54) is 11.3 Å². The zero-order chi connectivity index (χ0) is 21.9. The van der Waals surface area contributed by atoms with Crippen molar-refractivity contribution in [1.29, 1.82) is 0 Å². The quantitative estimate of drug-likeness (QED) is 0.484. The van der Waals surface area contributed by atoms with Crippen LogP contribution in [0.1, 0.15) is 47.2 Å². The molecule has 0 saturated heterocycles. The first-order chi connectivity index (χ1) is 14.1. The number of anilines is 1. The first-order valence-electron chi connectivity index (χ1n) is 9.26. The Bertz CT molecular complexity index is 1080. The third-order valence-corrected chi connectivity index (χ3v) is 5.18. The van der Waals surface area contributed by atoms with Crippen LogP contribution in [-0.4, -0.2) is 34.2 Å². The van der Waals surface area contributed by atoms with Crippen molar-refractivity contribution in [3.63, 3.8) is 0 Å². The summed E-state index contributed by atoms with van der Waals surface area (Å²) in [6.45, 7) is 6.13. The van der Waals surface area contributed by atoms with Gasteiger partial charge in [-0.05, 0) is 29.2 Å². The van der Waals surface area contributed by atoms with Crippen LogP contribution in [-0.2, 0) is 10.2 Å². The van der Waals surface area contributed by atoms with Gasteiger partial charge in [0.2, 0.25) is 5.91 Å². The first kappa shape index (κ1) is 21.3. The number of aromatic amines is 1. The number of thiazole rings is 1. The molecule has 2 aromatic heterocycles. The summed E-state index contributed by atoms with van der Waals surface area (Å²) in [7, 11) is 0. The van der Waals surface area contributed by atoms with Crippen molar-refractivity contribution in [3.8, 4) is 11.3 Å². The maximum absolute atomic E-state index is 12.3. The minimum absolute atomic E-state index is 0.00324. The lowest BCUT2D eigenvalue weighted by atomic mass is 9.87. The molecule has 0 saturated carbocycles. The summed E-state index contributed by atoms with van der Waals surface area (Å²) in [5.41, 5.74) is 8.41. The molecule has 8 nitrogen and oxygen atoms in total. The minimum Gasteiger partial charge on any atom is -0.364 e. The Morgan fingerprint density at radius 3 is 2.47 bits per heavy atom. The number of nitrogens with two attached hydrogens (primary N) is 1. The van der Waals surface area contributed by atoms with Crippen LogP contribution in [0.4, 0.5) is 5.13 Å². The third-order valence-electron chi connectivity index (χ3n) is 4.42. The molecule has 0 unspecified atom stereocenters. The predicted octanol–water partition coefficient (Wildman–Crippen LogP) is 2.90. The number of rotatable bonds is 6. The van der Waals surface area contributed by atoms with Gasteiger partial charge >= 0.3 is 0 Å². The minimum atomic E-state index is -0.561. The summed E-state index contributed by atoms with van der Waals surface area (Å²) in [6.07, 6.45) is 1.62. The predicted molar refractivity (Wildman–Crippen MR) is 117 cm³/mol. The number of primary amides is 1. The van der Waals surface area contributed by atoms with E-state index >= 15 is 0 Å². The van der Waals surface area contributed by atoms with Gasteiger partial charge in [0, 0.05) is 22.7 Å². The number of nitrogens with one attached hydrogen (secondary N) is 3. The molecule has 3 rings (SSSR count). The Morgan fingerprint density at radius 2 is 1.87 bits per heavy atom. The molecule has 156 valence electrons. The lowest BCUT2D eigenvalue weighted by Crippen LogP contribution is -2.32. The summed E-state index contributed by atoms with van der Waals surface area (Å²) in [6, 6.07) is 8.91. The number of amides is 3. The van der Waals surface area contributed by atoms with Gasteiger partial charge in [-0.25, -0.2) is 4.98 Å². The van der Waals surface area contributed by atoms with Gasteiger partial charge < -0.3 is 21.4 Å². The van der Waals surface area contributed by atoms with Crippen LogP contribution >= 0.6 is 11.3 Å². The standard InChI is InChI=1S/C21H23N5O3S/c1-21(2,3)14-6-4-12(5-7-14)19(29)24-10-17(27)26-20-25-16(11-30-20)13-8-15(18(22)28)23-9-13/h4-9,11,23H,10H2,1-3H3,(H2,22,28)(H,24,29)(H,25,26,27). The van der Waals surface area contributed by atoms with Crippen LogP contribution in [0.15, 0.2) is 41.9 Å². The second-order valence-electron chi connectivity index (χ2n) is 7.76. The van der Waals surface area contributed by atoms with E-state index in [1.54, 1.807) is 29.8 Å². The zero-order valence-electron chi connectivity index (χ0n) is 16.9. The summed E-state index contributed by atoms with van der Waals surface area (Å²) in [5, 5.41) is 7.39. The van der Waals surface area contributed by atoms with Crippen molar-refractivity contribution in [1.82, 2.24) is 15.3 Å². The highest BCUT2D eigenvalue weighted by atomic mass is 32.1. The number of aromatic nitrogens is 2. The summed E-state index contributed by atoms with van der Waals surface area (Å²) < 4.78 is 0. The number of H-pyrrole nitrogens is 1. The third kappa shape index (κ3) is 5.12. The van der Waals surface area contributed by atoms with E-state index in [0.717, 1.165) is 5.56 Å². The second kappa shape index (κ2) is 8.50. The second-order valence-corrected chi connectivity index (χ2v) is 8.62. The lowest BCUT2D eigenvalue weighted by Gasteiger charge is -2.19. The number of nitrogens with zero attached hydrogens (tertiary/aromatic N) is 1. The molecule has 0 aliphatic carbocycles. The molecular weight excluding hydrogens is 402 g/mol. The fourth-order valence-electron chi connectivity index (χ4n) is 2.70. The summed E-state index contributed by atoms with van der Waals surface area (Å²) in [5.74, 6) is -1.27. The molecule has 0 spiro atoms. The Hall–Kier alpha value is -3.46. The van der Waals surface area contributed by atoms with Gasteiger partial charge in [-0.2, -0.15) is 0 Å². The molecule has 30 heavy (non-hydrogen) atoms. The SMILES string of the molecule is CC(C)(C)c1ccc(C(=O)NCC(=O)Nc2nc(-c3c[nH]c(C(N)=O)c3)cs2)cc1. The van der Waals surface area contributed by atoms with Crippen LogP contribution in [0.3, 0.4) is 0 Å². The highest BCUT2D eigenvalue weighted by Gasteiger charge is 2.15. The van der Waals surface area contributed by atoms with Crippen molar-refractivity contribution in [2.45, 2.75) is 26.2 Å². The highest BCUT2D eigenvalue weighted by Crippen LogP contribution is 2.25. The van der Waals surface area contributed by atoms with Gasteiger partial charge in [0.15, 0.2) is 5.13 Å². The van der Waals surface area contributed by atoms with E-state index in [-0.39, 0.29) is 29.5 Å². The molecule has 0 atom stereocenters. The summed E-state index contributed by atoms with van der Waals surface area (Å²) >= 11 is 1.24. The van der Waals surface area contributed by atoms with Crippen LogP contribution in [0.25, 0.3) is 11.3 Å². The van der Waals surface area contributed by atoms with Gasteiger partial charge in [-0.3, -0.25) is 14.4 Å². The van der Waals surface area contributed by atoms with Crippen LogP contribution in [0.5, 0.6) is 0 Å². The molecule has 2 heterocycles. The number of carbonyl (C=O) groups is 3. The van der Waals surface area contributed by atoms with Crippen LogP contribution in [0, 0.1) is 0 Å². The first-order valence-corrected chi connectivity index (χ1v) is 10.1. The van der Waals surface area contributed by atoms with E-state index in [0.29, 0.717) is 22.0 Å². The van der Waals surface area contributed by atoms with E-state index in [4.69, 9.17) is 5.73 Å². The molecule has 3 amide bonds. The average molecular weight is 426 g/mol. The maximum Gasteiger partial charge on any atom is 0.265 e. The van der Waals surface area contributed by atoms with Crippen molar-refractivity contribution in [2.75, 3.05) is 11.9 Å². The topological polar surface area (TPSA) is 130 Å². The zero-order valence-corrected chi connectivity index (χ0v) is 17.7. The molecule has 0 fully saturated rings. The number of hydrogen-bond acceptors (Lipinski definition) is 5. The molecular formula is C21H23N5O3S. The van der Waals surface area contributed by atoms with Crippen molar-refractivity contribution < 1.29 is 14.4 Å². The van der Waals surface area contributed by atoms with Gasteiger partial charge in [0.1, 0.15) is 5.69 Å². The van der Waals surface area contributed by atoms with E-state index in [9.17, 15) is 14.4 Å². The van der Waals surface area contributed by atoms with Crippen molar-refractivity contribution in [2.24, 2.45) is 5.73 Å². The Kier molecular flexibility index (Phi) is 6.02. The lowest BCUT2D eigenvalue weighted by molar-refractivity contribution is -0.115. The smallest absolute Gasteiger partial charge is 0.265 e. The van der Waals surface area contributed by atoms with E-state index < -0.39 is 5.91 Å². The Morgan fingerprint density at radius 1 is 1.17 bits per heavy atom. The Labute approximate surface area is 177 Å². The van der Waals surface area contributed by atoms with Crippen LogP contribution < -0.4 is 16.4 Å². The average Bonchev–Trinajstić information content (AvgIpc) is 3.35. The maximum atomic E-state index is 12.3. The van der Waals surface area contributed by atoms with Crippen LogP contribution in [0.2, 0.25) is 0 Å². The fourth-order valence-corrected chi connectivity index (χ4v) is 3.43. The molecule has 0 bridgehead atoms. The van der Waals surface area contributed by atoms with Gasteiger partial charge in [0.25, 0.3) is 11.8 Å². The molecule has 3 aromatic rings. The molecule has 0 aliphatic heterocycles. The normalized spacial score (nSPS) is 11.2. The van der Waals surface area contributed by atoms with Gasteiger partial charge in [0.05, 0.1) is 12.2 Å². The van der Waals surface area contributed by atoms with E-state index in [2.05, 4.69) is 41.4 Å². The molecule has 0 aliphatic rings. The van der Waals surface area contributed by atoms with E-state index in [1.807, 2.05) is 12.1 Å².